The first-order chi connectivity index (χ1) is 9.69. The zero-order valence-electron chi connectivity index (χ0n) is 12.4. The monoisotopic (exact) mass is 279 g/mol. The molecule has 0 amide bonds. The number of aliphatic hydroxyl groups excluding tert-OH is 1. The Labute approximate surface area is 121 Å². The molecular formula is C16H25NO3. The molecule has 2 rings (SSSR count). The number of hydrogen-bond donors (Lipinski definition) is 1. The van der Waals surface area contributed by atoms with Gasteiger partial charge in [0.05, 0.1) is 18.8 Å². The van der Waals surface area contributed by atoms with Crippen molar-refractivity contribution in [2.45, 2.75) is 32.5 Å². The topological polar surface area (TPSA) is 41.9 Å². The van der Waals surface area contributed by atoms with E-state index in [1.54, 1.807) is 0 Å². The predicted octanol–water partition coefficient (Wildman–Crippen LogP) is 2.23. The summed E-state index contributed by atoms with van der Waals surface area (Å²) in [5.74, 6) is 0.847. The second-order valence-electron chi connectivity index (χ2n) is 5.31. The Balaban J connectivity index is 1.91. The van der Waals surface area contributed by atoms with Crippen LogP contribution in [0.25, 0.3) is 0 Å². The molecule has 1 N–H and O–H groups in total. The maximum absolute atomic E-state index is 10.3. The van der Waals surface area contributed by atoms with Crippen molar-refractivity contribution in [2.24, 2.45) is 0 Å². The number of hydrogen-bond acceptors (Lipinski definition) is 4. The lowest BCUT2D eigenvalue weighted by molar-refractivity contribution is 0.0562. The lowest BCUT2D eigenvalue weighted by atomic mass is 10.1. The number of ether oxygens (including phenoxy) is 2. The molecule has 0 aromatic heterocycles. The highest BCUT2D eigenvalue weighted by molar-refractivity contribution is 5.28. The molecule has 1 aliphatic heterocycles. The van der Waals surface area contributed by atoms with E-state index in [1.165, 1.54) is 0 Å². The van der Waals surface area contributed by atoms with E-state index < -0.39 is 6.10 Å². The SMILES string of the molecule is CCOc1ccc(C(O)CN2CCCOC(C)C2)cc1. The molecule has 0 bridgehead atoms. The Hall–Kier alpha value is -1.10. The summed E-state index contributed by atoms with van der Waals surface area (Å²) in [4.78, 5) is 2.28. The van der Waals surface area contributed by atoms with Gasteiger partial charge in [-0.05, 0) is 38.0 Å². The van der Waals surface area contributed by atoms with E-state index in [0.717, 1.165) is 37.4 Å². The molecule has 1 saturated heterocycles. The first-order valence-corrected chi connectivity index (χ1v) is 7.44. The van der Waals surface area contributed by atoms with Gasteiger partial charge in [-0.15, -0.1) is 0 Å². The molecule has 1 aromatic carbocycles. The molecule has 112 valence electrons. The quantitative estimate of drug-likeness (QED) is 0.897. The van der Waals surface area contributed by atoms with Gasteiger partial charge in [-0.25, -0.2) is 0 Å². The highest BCUT2D eigenvalue weighted by Gasteiger charge is 2.18. The molecule has 1 aliphatic rings. The maximum Gasteiger partial charge on any atom is 0.119 e. The maximum atomic E-state index is 10.3. The van der Waals surface area contributed by atoms with Crippen LogP contribution in [-0.2, 0) is 4.74 Å². The van der Waals surface area contributed by atoms with E-state index in [0.29, 0.717) is 13.2 Å². The molecule has 1 fully saturated rings. The Morgan fingerprint density at radius 2 is 2.15 bits per heavy atom. The smallest absolute Gasteiger partial charge is 0.119 e. The van der Waals surface area contributed by atoms with Gasteiger partial charge in [0, 0.05) is 26.2 Å². The third-order valence-corrected chi connectivity index (χ3v) is 3.54. The Morgan fingerprint density at radius 3 is 2.85 bits per heavy atom. The standard InChI is InChI=1S/C16H25NO3/c1-3-19-15-7-5-14(6-8-15)16(18)12-17-9-4-10-20-13(2)11-17/h5-8,13,16,18H,3-4,9-12H2,1-2H3. The van der Waals surface area contributed by atoms with Crippen LogP contribution in [0.1, 0.15) is 31.9 Å². The molecule has 0 spiro atoms. The lowest BCUT2D eigenvalue weighted by Gasteiger charge is -2.24. The Morgan fingerprint density at radius 1 is 1.40 bits per heavy atom. The van der Waals surface area contributed by atoms with Crippen LogP contribution in [0.3, 0.4) is 0 Å². The van der Waals surface area contributed by atoms with Gasteiger partial charge in [0.25, 0.3) is 0 Å². The predicted molar refractivity (Wildman–Crippen MR) is 79.0 cm³/mol. The van der Waals surface area contributed by atoms with Crippen LogP contribution in [-0.4, -0.2) is 49.0 Å². The minimum absolute atomic E-state index is 0.241. The molecule has 4 heteroatoms. The second kappa shape index (κ2) is 7.62. The average molecular weight is 279 g/mol. The van der Waals surface area contributed by atoms with E-state index in [2.05, 4.69) is 11.8 Å². The van der Waals surface area contributed by atoms with Crippen LogP contribution in [0.15, 0.2) is 24.3 Å². The van der Waals surface area contributed by atoms with E-state index in [-0.39, 0.29) is 6.10 Å². The molecule has 0 radical (unpaired) electrons. The van der Waals surface area contributed by atoms with Crippen molar-refractivity contribution >= 4 is 0 Å². The molecule has 2 unspecified atom stereocenters. The summed E-state index contributed by atoms with van der Waals surface area (Å²) >= 11 is 0. The summed E-state index contributed by atoms with van der Waals surface area (Å²) in [7, 11) is 0. The van der Waals surface area contributed by atoms with E-state index in [4.69, 9.17) is 9.47 Å². The molecule has 0 aliphatic carbocycles. The van der Waals surface area contributed by atoms with Gasteiger partial charge < -0.3 is 14.6 Å². The minimum Gasteiger partial charge on any atom is -0.494 e. The molecule has 4 nitrogen and oxygen atoms in total. The molecule has 0 saturated carbocycles. The van der Waals surface area contributed by atoms with E-state index in [1.807, 2.05) is 31.2 Å². The van der Waals surface area contributed by atoms with Crippen LogP contribution >= 0.6 is 0 Å². The highest BCUT2D eigenvalue weighted by Crippen LogP contribution is 2.19. The number of rotatable bonds is 5. The van der Waals surface area contributed by atoms with Gasteiger partial charge in [0.2, 0.25) is 0 Å². The van der Waals surface area contributed by atoms with Gasteiger partial charge in [0.1, 0.15) is 5.75 Å². The lowest BCUT2D eigenvalue weighted by Crippen LogP contribution is -2.33. The van der Waals surface area contributed by atoms with Gasteiger partial charge in [-0.3, -0.25) is 4.90 Å². The summed E-state index contributed by atoms with van der Waals surface area (Å²) in [6.07, 6.45) is 0.807. The van der Waals surface area contributed by atoms with Crippen LogP contribution in [0, 0.1) is 0 Å². The van der Waals surface area contributed by atoms with Crippen molar-refractivity contribution in [1.82, 2.24) is 4.90 Å². The fraction of sp³-hybridized carbons (Fsp3) is 0.625. The number of β-amino-alcohol motifs (C(OH)–C–C–N with tert-alkyl or cyclic N) is 1. The van der Waals surface area contributed by atoms with Crippen molar-refractivity contribution in [2.75, 3.05) is 32.8 Å². The molecule has 1 heterocycles. The van der Waals surface area contributed by atoms with Crippen molar-refractivity contribution in [3.05, 3.63) is 29.8 Å². The third kappa shape index (κ3) is 4.47. The van der Waals surface area contributed by atoms with Crippen molar-refractivity contribution in [1.29, 1.82) is 0 Å². The average Bonchev–Trinajstić information content (AvgIpc) is 2.64. The van der Waals surface area contributed by atoms with Crippen molar-refractivity contribution in [3.63, 3.8) is 0 Å². The zero-order valence-corrected chi connectivity index (χ0v) is 12.4. The molecular weight excluding hydrogens is 254 g/mol. The zero-order chi connectivity index (χ0) is 14.4. The molecule has 1 aromatic rings. The molecule has 20 heavy (non-hydrogen) atoms. The Kier molecular flexibility index (Phi) is 5.83. The van der Waals surface area contributed by atoms with E-state index in [9.17, 15) is 5.11 Å². The molecule has 2 atom stereocenters. The summed E-state index contributed by atoms with van der Waals surface area (Å²) in [5.41, 5.74) is 0.936. The number of nitrogens with zero attached hydrogens (tertiary/aromatic N) is 1. The third-order valence-electron chi connectivity index (χ3n) is 3.54. The minimum atomic E-state index is -0.462. The van der Waals surface area contributed by atoms with Gasteiger partial charge in [-0.1, -0.05) is 12.1 Å². The van der Waals surface area contributed by atoms with E-state index >= 15 is 0 Å². The van der Waals surface area contributed by atoms with Gasteiger partial charge >= 0.3 is 0 Å². The van der Waals surface area contributed by atoms with Crippen LogP contribution in [0.2, 0.25) is 0 Å². The van der Waals surface area contributed by atoms with Gasteiger partial charge in [0.15, 0.2) is 0 Å². The number of aliphatic hydroxyl groups is 1. The first-order valence-electron chi connectivity index (χ1n) is 7.44. The van der Waals surface area contributed by atoms with Crippen molar-refractivity contribution in [3.8, 4) is 5.75 Å². The van der Waals surface area contributed by atoms with Crippen LogP contribution in [0.4, 0.5) is 0 Å². The van der Waals surface area contributed by atoms with Gasteiger partial charge in [-0.2, -0.15) is 0 Å². The fourth-order valence-electron chi connectivity index (χ4n) is 2.55. The largest absolute Gasteiger partial charge is 0.494 e. The van der Waals surface area contributed by atoms with Crippen molar-refractivity contribution < 1.29 is 14.6 Å². The number of benzene rings is 1. The summed E-state index contributed by atoms with van der Waals surface area (Å²) in [5, 5.41) is 10.3. The fourth-order valence-corrected chi connectivity index (χ4v) is 2.55. The summed E-state index contributed by atoms with van der Waals surface area (Å²) in [6, 6.07) is 7.70. The summed E-state index contributed by atoms with van der Waals surface area (Å²) in [6.45, 7) is 8.05. The normalized spacial score (nSPS) is 22.2. The summed E-state index contributed by atoms with van der Waals surface area (Å²) < 4.78 is 11.0. The highest BCUT2D eigenvalue weighted by atomic mass is 16.5. The first kappa shape index (κ1) is 15.3. The van der Waals surface area contributed by atoms with Crippen LogP contribution < -0.4 is 4.74 Å². The Bertz CT molecular complexity index is 393. The second-order valence-corrected chi connectivity index (χ2v) is 5.31. The van der Waals surface area contributed by atoms with Crippen LogP contribution in [0.5, 0.6) is 5.75 Å².